The van der Waals surface area contributed by atoms with Gasteiger partial charge in [0.1, 0.15) is 0 Å². The van der Waals surface area contributed by atoms with E-state index in [-0.39, 0.29) is 0 Å². The van der Waals surface area contributed by atoms with Gasteiger partial charge in [0, 0.05) is 5.69 Å². The van der Waals surface area contributed by atoms with E-state index >= 15 is 0 Å². The highest BCUT2D eigenvalue weighted by Gasteiger charge is 2.10. The Balaban J connectivity index is 2.48. The first-order valence-electron chi connectivity index (χ1n) is 5.97. The topological polar surface area (TPSA) is 64.2 Å². The molecule has 0 aliphatic carbocycles. The molecule has 1 aromatic rings. The summed E-state index contributed by atoms with van der Waals surface area (Å²) < 4.78 is 0. The molecule has 1 atom stereocenters. The summed E-state index contributed by atoms with van der Waals surface area (Å²) in [4.78, 5) is 10.9. The Kier molecular flexibility index (Phi) is 6.14. The molecule has 2 N–H and O–H groups in total. The summed E-state index contributed by atoms with van der Waals surface area (Å²) in [6.07, 6.45) is 2.26. The zero-order chi connectivity index (χ0) is 13.4. The standard InChI is InChI=1S/C13H18N2O2S/c1-2-3-9-11(12(16)17)15-13(18)14-10-7-5-4-6-8-10/h4-8,11H,2-3,9H2,1H3,(H,16,17)(H2,14,15,18)/p-1/t11-/m1/s1. The fourth-order valence-electron chi connectivity index (χ4n) is 1.50. The average molecular weight is 265 g/mol. The van der Waals surface area contributed by atoms with Crippen LogP contribution in [-0.4, -0.2) is 17.1 Å². The maximum absolute atomic E-state index is 10.9. The lowest BCUT2D eigenvalue weighted by atomic mass is 10.1. The van der Waals surface area contributed by atoms with E-state index in [1.165, 1.54) is 0 Å². The van der Waals surface area contributed by atoms with Crippen LogP contribution in [0.3, 0.4) is 0 Å². The van der Waals surface area contributed by atoms with Gasteiger partial charge in [-0.3, -0.25) is 0 Å². The summed E-state index contributed by atoms with van der Waals surface area (Å²) in [6.45, 7) is 2.01. The number of para-hydroxylation sites is 1. The van der Waals surface area contributed by atoms with Crippen LogP contribution in [-0.2, 0) is 4.79 Å². The van der Waals surface area contributed by atoms with Crippen molar-refractivity contribution in [3.8, 4) is 0 Å². The zero-order valence-electron chi connectivity index (χ0n) is 10.3. The molecule has 0 bridgehead atoms. The second kappa shape index (κ2) is 7.66. The lowest BCUT2D eigenvalue weighted by Gasteiger charge is -2.21. The van der Waals surface area contributed by atoms with Crippen LogP contribution in [0, 0.1) is 0 Å². The summed E-state index contributed by atoms with van der Waals surface area (Å²) in [5.41, 5.74) is 0.822. The summed E-state index contributed by atoms with van der Waals surface area (Å²) in [6, 6.07) is 8.61. The number of carboxylic acids is 1. The largest absolute Gasteiger partial charge is 0.548 e. The molecule has 0 fully saturated rings. The third kappa shape index (κ3) is 5.14. The number of carbonyl (C=O) groups is 1. The van der Waals surface area contributed by atoms with Gasteiger partial charge in [-0.05, 0) is 30.8 Å². The summed E-state index contributed by atoms with van der Waals surface area (Å²) in [5.74, 6) is -1.12. The van der Waals surface area contributed by atoms with Crippen LogP contribution < -0.4 is 15.7 Å². The predicted molar refractivity (Wildman–Crippen MR) is 74.1 cm³/mol. The van der Waals surface area contributed by atoms with Crippen molar-refractivity contribution in [1.29, 1.82) is 0 Å². The minimum absolute atomic E-state index is 0.298. The maximum atomic E-state index is 10.9. The van der Waals surface area contributed by atoms with Gasteiger partial charge in [0.2, 0.25) is 0 Å². The molecule has 0 saturated carbocycles. The molecule has 0 unspecified atom stereocenters. The van der Waals surface area contributed by atoms with Crippen LogP contribution in [0.2, 0.25) is 0 Å². The first-order valence-corrected chi connectivity index (χ1v) is 6.37. The summed E-state index contributed by atoms with van der Waals surface area (Å²) in [7, 11) is 0. The molecule has 0 aromatic heterocycles. The highest BCUT2D eigenvalue weighted by atomic mass is 32.1. The SMILES string of the molecule is CCCC[C@@H](NC(=S)Nc1ccccc1)C(=O)[O-]. The smallest absolute Gasteiger partial charge is 0.171 e. The number of hydrogen-bond acceptors (Lipinski definition) is 3. The summed E-state index contributed by atoms with van der Waals surface area (Å²) >= 11 is 5.07. The number of thiocarbonyl (C=S) groups is 1. The number of nitrogens with one attached hydrogen (secondary N) is 2. The Morgan fingerprint density at radius 1 is 1.39 bits per heavy atom. The number of benzene rings is 1. The predicted octanol–water partition coefficient (Wildman–Crippen LogP) is 1.28. The third-order valence-electron chi connectivity index (χ3n) is 2.47. The van der Waals surface area contributed by atoms with E-state index in [1.54, 1.807) is 0 Å². The molecule has 1 aromatic carbocycles. The first kappa shape index (κ1) is 14.4. The van der Waals surface area contributed by atoms with E-state index in [4.69, 9.17) is 12.2 Å². The van der Waals surface area contributed by atoms with Gasteiger partial charge in [0.25, 0.3) is 0 Å². The van der Waals surface area contributed by atoms with Gasteiger partial charge in [0.05, 0.1) is 12.0 Å². The molecule has 0 aliphatic heterocycles. The number of anilines is 1. The van der Waals surface area contributed by atoms with Crippen LogP contribution in [0.5, 0.6) is 0 Å². The quantitative estimate of drug-likeness (QED) is 0.759. The van der Waals surface area contributed by atoms with Gasteiger partial charge in [-0.2, -0.15) is 0 Å². The van der Waals surface area contributed by atoms with E-state index in [0.29, 0.717) is 11.5 Å². The lowest BCUT2D eigenvalue weighted by molar-refractivity contribution is -0.308. The molecular weight excluding hydrogens is 248 g/mol. The number of hydrogen-bond donors (Lipinski definition) is 2. The van der Waals surface area contributed by atoms with E-state index in [0.717, 1.165) is 18.5 Å². The lowest BCUT2D eigenvalue weighted by Crippen LogP contribution is -2.49. The Hall–Kier alpha value is -1.62. The Morgan fingerprint density at radius 3 is 2.61 bits per heavy atom. The van der Waals surface area contributed by atoms with E-state index < -0.39 is 12.0 Å². The van der Waals surface area contributed by atoms with Crippen molar-refractivity contribution >= 4 is 29.0 Å². The van der Waals surface area contributed by atoms with Gasteiger partial charge in [-0.25, -0.2) is 0 Å². The van der Waals surface area contributed by atoms with Gasteiger partial charge < -0.3 is 20.5 Å². The van der Waals surface area contributed by atoms with Crippen molar-refractivity contribution < 1.29 is 9.90 Å². The minimum Gasteiger partial charge on any atom is -0.548 e. The van der Waals surface area contributed by atoms with E-state index in [2.05, 4.69) is 10.6 Å². The van der Waals surface area contributed by atoms with E-state index in [9.17, 15) is 9.90 Å². The third-order valence-corrected chi connectivity index (χ3v) is 2.69. The van der Waals surface area contributed by atoms with Crippen LogP contribution >= 0.6 is 12.2 Å². The van der Waals surface area contributed by atoms with Crippen LogP contribution in [0.25, 0.3) is 0 Å². The van der Waals surface area contributed by atoms with Gasteiger partial charge in [0.15, 0.2) is 5.11 Å². The van der Waals surface area contributed by atoms with Crippen molar-refractivity contribution in [3.63, 3.8) is 0 Å². The molecular formula is C13H17N2O2S-. The Bertz CT molecular complexity index is 395. The highest BCUT2D eigenvalue weighted by Crippen LogP contribution is 2.05. The minimum atomic E-state index is -1.12. The fourth-order valence-corrected chi connectivity index (χ4v) is 1.76. The zero-order valence-corrected chi connectivity index (χ0v) is 11.1. The number of aliphatic carboxylic acids is 1. The van der Waals surface area contributed by atoms with Crippen molar-refractivity contribution in [2.45, 2.75) is 32.2 Å². The Morgan fingerprint density at radius 2 is 2.06 bits per heavy atom. The molecule has 98 valence electrons. The van der Waals surface area contributed by atoms with Gasteiger partial charge in [-0.15, -0.1) is 0 Å². The number of rotatable bonds is 6. The van der Waals surface area contributed by atoms with Gasteiger partial charge in [-0.1, -0.05) is 38.0 Å². The second-order valence-electron chi connectivity index (χ2n) is 3.98. The van der Waals surface area contributed by atoms with Crippen molar-refractivity contribution in [1.82, 2.24) is 5.32 Å². The number of unbranched alkanes of at least 4 members (excludes halogenated alkanes) is 1. The molecule has 4 nitrogen and oxygen atoms in total. The number of carbonyl (C=O) groups excluding carboxylic acids is 1. The molecule has 0 amide bonds. The molecule has 0 spiro atoms. The van der Waals surface area contributed by atoms with Crippen LogP contribution in [0.4, 0.5) is 5.69 Å². The normalized spacial score (nSPS) is 11.6. The van der Waals surface area contributed by atoms with E-state index in [1.807, 2.05) is 37.3 Å². The summed E-state index contributed by atoms with van der Waals surface area (Å²) in [5, 5.41) is 16.9. The first-order chi connectivity index (χ1) is 8.63. The van der Waals surface area contributed by atoms with Crippen LogP contribution in [0.1, 0.15) is 26.2 Å². The highest BCUT2D eigenvalue weighted by molar-refractivity contribution is 7.80. The molecule has 18 heavy (non-hydrogen) atoms. The fraction of sp³-hybridized carbons (Fsp3) is 0.385. The molecule has 5 heteroatoms. The number of carboxylic acid groups (broad SMARTS) is 1. The second-order valence-corrected chi connectivity index (χ2v) is 4.39. The monoisotopic (exact) mass is 265 g/mol. The molecule has 0 heterocycles. The van der Waals surface area contributed by atoms with Crippen molar-refractivity contribution in [2.24, 2.45) is 0 Å². The molecule has 0 aliphatic rings. The van der Waals surface area contributed by atoms with Crippen molar-refractivity contribution in [3.05, 3.63) is 30.3 Å². The van der Waals surface area contributed by atoms with Gasteiger partial charge >= 0.3 is 0 Å². The van der Waals surface area contributed by atoms with Crippen LogP contribution in [0.15, 0.2) is 30.3 Å². The Labute approximate surface area is 112 Å². The average Bonchev–Trinajstić information content (AvgIpc) is 2.35. The maximum Gasteiger partial charge on any atom is 0.171 e. The van der Waals surface area contributed by atoms with Crippen molar-refractivity contribution in [2.75, 3.05) is 5.32 Å². The molecule has 0 radical (unpaired) electrons. The molecule has 0 saturated heterocycles. The molecule has 1 rings (SSSR count).